The predicted molar refractivity (Wildman–Crippen MR) is 71.8 cm³/mol. The number of hydrogen-bond donors (Lipinski definition) is 2. The first-order valence-corrected chi connectivity index (χ1v) is 6.23. The molecule has 0 bridgehead atoms. The monoisotopic (exact) mass is 263 g/mol. The Balaban J connectivity index is 2.01. The van der Waals surface area contributed by atoms with Crippen molar-refractivity contribution in [3.8, 4) is 0 Å². The fraction of sp³-hybridized carbons (Fsp3) is 0.462. The smallest absolute Gasteiger partial charge is 0.272 e. The summed E-state index contributed by atoms with van der Waals surface area (Å²) in [4.78, 5) is 22.1. The highest BCUT2D eigenvalue weighted by molar-refractivity contribution is 5.91. The van der Waals surface area contributed by atoms with Gasteiger partial charge in [0.25, 0.3) is 5.69 Å². The van der Waals surface area contributed by atoms with Gasteiger partial charge in [-0.2, -0.15) is 0 Å². The molecular weight excluding hydrogens is 246 g/mol. The molecule has 0 saturated heterocycles. The lowest BCUT2D eigenvalue weighted by atomic mass is 9.75. The Kier molecular flexibility index (Phi) is 3.53. The van der Waals surface area contributed by atoms with E-state index in [9.17, 15) is 14.9 Å². The summed E-state index contributed by atoms with van der Waals surface area (Å²) < 4.78 is 0. The highest BCUT2D eigenvalue weighted by Crippen LogP contribution is 2.32. The minimum atomic E-state index is -0.440. The number of nitro groups is 1. The van der Waals surface area contributed by atoms with Gasteiger partial charge in [-0.05, 0) is 38.3 Å². The number of nitrogens with two attached hydrogens (primary N) is 1. The molecule has 2 rings (SSSR count). The van der Waals surface area contributed by atoms with Crippen LogP contribution in [0, 0.1) is 17.0 Å². The van der Waals surface area contributed by atoms with E-state index in [2.05, 4.69) is 5.32 Å². The number of nitrogens with one attached hydrogen (secondary N) is 1. The maximum Gasteiger partial charge on any atom is 0.272 e. The molecule has 102 valence electrons. The van der Waals surface area contributed by atoms with Crippen molar-refractivity contribution in [2.24, 2.45) is 5.73 Å². The second kappa shape index (κ2) is 4.97. The van der Waals surface area contributed by atoms with Crippen molar-refractivity contribution in [3.63, 3.8) is 0 Å². The molecule has 1 aromatic rings. The fourth-order valence-corrected chi connectivity index (χ4v) is 2.27. The number of aryl methyl sites for hydroxylation is 1. The van der Waals surface area contributed by atoms with Gasteiger partial charge in [0.2, 0.25) is 5.91 Å². The third-order valence-corrected chi connectivity index (χ3v) is 3.54. The zero-order valence-corrected chi connectivity index (χ0v) is 10.8. The molecule has 1 amide bonds. The minimum absolute atomic E-state index is 0.0484. The van der Waals surface area contributed by atoms with Crippen LogP contribution in [0.2, 0.25) is 0 Å². The molecule has 1 aliphatic rings. The van der Waals surface area contributed by atoms with Gasteiger partial charge in [-0.3, -0.25) is 14.9 Å². The largest absolute Gasteiger partial charge is 0.326 e. The van der Waals surface area contributed by atoms with Crippen molar-refractivity contribution in [1.82, 2.24) is 0 Å². The Morgan fingerprint density at radius 3 is 2.68 bits per heavy atom. The van der Waals surface area contributed by atoms with Crippen LogP contribution in [0.25, 0.3) is 0 Å². The third kappa shape index (κ3) is 3.08. The lowest BCUT2D eigenvalue weighted by Gasteiger charge is -2.37. The molecule has 1 aromatic carbocycles. The first-order valence-electron chi connectivity index (χ1n) is 6.23. The average Bonchev–Trinajstić information content (AvgIpc) is 2.26. The van der Waals surface area contributed by atoms with Crippen molar-refractivity contribution in [1.29, 1.82) is 0 Å². The fourth-order valence-electron chi connectivity index (χ4n) is 2.27. The van der Waals surface area contributed by atoms with Crippen LogP contribution in [-0.2, 0) is 4.79 Å². The van der Waals surface area contributed by atoms with Gasteiger partial charge in [0, 0.05) is 29.3 Å². The molecule has 0 spiro atoms. The van der Waals surface area contributed by atoms with Gasteiger partial charge < -0.3 is 11.1 Å². The van der Waals surface area contributed by atoms with Crippen LogP contribution in [-0.4, -0.2) is 16.4 Å². The number of carbonyl (C=O) groups is 1. The number of amides is 1. The van der Waals surface area contributed by atoms with E-state index in [1.807, 2.05) is 0 Å². The second-order valence-electron chi connectivity index (χ2n) is 5.20. The van der Waals surface area contributed by atoms with Crippen LogP contribution in [0.3, 0.4) is 0 Å². The lowest BCUT2D eigenvalue weighted by Crippen LogP contribution is -2.48. The van der Waals surface area contributed by atoms with Crippen molar-refractivity contribution < 1.29 is 9.72 Å². The summed E-state index contributed by atoms with van der Waals surface area (Å²) in [5.41, 5.74) is 6.78. The van der Waals surface area contributed by atoms with Crippen LogP contribution in [0.1, 0.15) is 31.2 Å². The Morgan fingerprint density at radius 1 is 1.53 bits per heavy atom. The number of carbonyl (C=O) groups excluding carboxylic acids is 1. The van der Waals surface area contributed by atoms with E-state index in [1.54, 1.807) is 13.0 Å². The van der Waals surface area contributed by atoms with Gasteiger partial charge in [-0.1, -0.05) is 0 Å². The summed E-state index contributed by atoms with van der Waals surface area (Å²) in [6.45, 7) is 1.64. The van der Waals surface area contributed by atoms with Crippen LogP contribution >= 0.6 is 0 Å². The van der Waals surface area contributed by atoms with Gasteiger partial charge >= 0.3 is 0 Å². The average molecular weight is 263 g/mol. The molecule has 1 aliphatic carbocycles. The van der Waals surface area contributed by atoms with Gasteiger partial charge in [0.05, 0.1) is 4.92 Å². The maximum absolute atomic E-state index is 11.8. The molecule has 0 aliphatic heterocycles. The molecule has 0 atom stereocenters. The molecule has 1 saturated carbocycles. The Hall–Kier alpha value is -1.95. The van der Waals surface area contributed by atoms with Crippen molar-refractivity contribution in [3.05, 3.63) is 33.9 Å². The molecule has 6 heteroatoms. The van der Waals surface area contributed by atoms with Gasteiger partial charge in [-0.25, -0.2) is 0 Å². The summed E-state index contributed by atoms with van der Waals surface area (Å²) >= 11 is 0. The molecule has 0 radical (unpaired) electrons. The van der Waals surface area contributed by atoms with Gasteiger partial charge in [-0.15, -0.1) is 0 Å². The molecule has 3 N–H and O–H groups in total. The van der Waals surface area contributed by atoms with E-state index in [0.29, 0.717) is 17.7 Å². The van der Waals surface area contributed by atoms with E-state index >= 15 is 0 Å². The third-order valence-electron chi connectivity index (χ3n) is 3.54. The normalized spacial score (nSPS) is 16.5. The number of benzene rings is 1. The van der Waals surface area contributed by atoms with E-state index in [-0.39, 0.29) is 17.1 Å². The predicted octanol–water partition coefficient (Wildman–Crippen LogP) is 2.11. The van der Waals surface area contributed by atoms with Crippen LogP contribution in [0.15, 0.2) is 18.2 Å². The Morgan fingerprint density at radius 2 is 2.21 bits per heavy atom. The second-order valence-corrected chi connectivity index (χ2v) is 5.20. The van der Waals surface area contributed by atoms with E-state index in [1.165, 1.54) is 12.1 Å². The van der Waals surface area contributed by atoms with Gasteiger partial charge in [0.1, 0.15) is 0 Å². The summed E-state index contributed by atoms with van der Waals surface area (Å²) in [6.07, 6.45) is 3.11. The number of hydrogen-bond acceptors (Lipinski definition) is 4. The summed E-state index contributed by atoms with van der Waals surface area (Å²) in [7, 11) is 0. The first-order chi connectivity index (χ1) is 8.89. The zero-order chi connectivity index (χ0) is 14.0. The molecule has 19 heavy (non-hydrogen) atoms. The van der Waals surface area contributed by atoms with E-state index in [0.717, 1.165) is 19.3 Å². The van der Waals surface area contributed by atoms with Crippen LogP contribution < -0.4 is 11.1 Å². The Labute approximate surface area is 111 Å². The lowest BCUT2D eigenvalue weighted by molar-refractivity contribution is -0.385. The molecular formula is C13H17N3O3. The standard InChI is InChI=1S/C13H17N3O3/c1-9-7-10(3-4-11(9)16(18)19)15-12(17)8-13(14)5-2-6-13/h3-4,7H,2,5-6,8,14H2,1H3,(H,15,17). The highest BCUT2D eigenvalue weighted by Gasteiger charge is 2.34. The van der Waals surface area contributed by atoms with Crippen molar-refractivity contribution >= 4 is 17.3 Å². The first kappa shape index (κ1) is 13.5. The number of nitro benzene ring substituents is 1. The minimum Gasteiger partial charge on any atom is -0.326 e. The topological polar surface area (TPSA) is 98.3 Å². The van der Waals surface area contributed by atoms with Crippen molar-refractivity contribution in [2.45, 2.75) is 38.1 Å². The molecule has 1 fully saturated rings. The zero-order valence-electron chi connectivity index (χ0n) is 10.8. The van der Waals surface area contributed by atoms with E-state index < -0.39 is 4.92 Å². The molecule has 6 nitrogen and oxygen atoms in total. The van der Waals surface area contributed by atoms with Crippen LogP contribution in [0.4, 0.5) is 11.4 Å². The van der Waals surface area contributed by atoms with Crippen molar-refractivity contribution in [2.75, 3.05) is 5.32 Å². The molecule has 0 unspecified atom stereocenters. The maximum atomic E-state index is 11.8. The quantitative estimate of drug-likeness (QED) is 0.642. The highest BCUT2D eigenvalue weighted by atomic mass is 16.6. The number of anilines is 1. The summed E-state index contributed by atoms with van der Waals surface area (Å²) in [5.74, 6) is -0.143. The van der Waals surface area contributed by atoms with Crippen LogP contribution in [0.5, 0.6) is 0 Å². The Bertz CT molecular complexity index is 524. The van der Waals surface area contributed by atoms with E-state index in [4.69, 9.17) is 5.73 Å². The molecule has 0 aromatic heterocycles. The summed E-state index contributed by atoms with van der Waals surface area (Å²) in [5, 5.41) is 13.4. The van der Waals surface area contributed by atoms with Gasteiger partial charge in [0.15, 0.2) is 0 Å². The number of nitrogens with zero attached hydrogens (tertiary/aromatic N) is 1. The summed E-state index contributed by atoms with van der Waals surface area (Å²) in [6, 6.07) is 4.53. The SMILES string of the molecule is Cc1cc(NC(=O)CC2(N)CCC2)ccc1[N+](=O)[O-]. The number of rotatable bonds is 4. The molecule has 0 heterocycles.